The number of hydrogen-bond donors (Lipinski definition) is 2. The van der Waals surface area contributed by atoms with Gasteiger partial charge in [0.1, 0.15) is 17.0 Å². The van der Waals surface area contributed by atoms with Crippen molar-refractivity contribution in [2.75, 3.05) is 25.5 Å². The number of piperidine rings is 1. The molecule has 0 aliphatic carbocycles. The average molecular weight is 306 g/mol. The van der Waals surface area contributed by atoms with Gasteiger partial charge in [0.25, 0.3) is 5.91 Å². The van der Waals surface area contributed by atoms with Crippen LogP contribution in [0.5, 0.6) is 5.75 Å². The fourth-order valence-corrected chi connectivity index (χ4v) is 2.56. The summed E-state index contributed by atoms with van der Waals surface area (Å²) >= 11 is 0. The zero-order valence-corrected chi connectivity index (χ0v) is 13.9. The number of anilines is 1. The average Bonchev–Trinajstić information content (AvgIpc) is 2.48. The Morgan fingerprint density at radius 2 is 1.77 bits per heavy atom. The molecule has 1 aromatic rings. The SMILES string of the molecule is COC1(C(=O)Nc2ccc(OC(C)(C)C)cc2)CCNCC1. The number of ether oxygens (including phenoxy) is 2. The Labute approximate surface area is 132 Å². The minimum Gasteiger partial charge on any atom is -0.488 e. The van der Waals surface area contributed by atoms with Gasteiger partial charge >= 0.3 is 0 Å². The Morgan fingerprint density at radius 3 is 2.27 bits per heavy atom. The Balaban J connectivity index is 2.02. The van der Waals surface area contributed by atoms with Crippen LogP contribution in [0.4, 0.5) is 5.69 Å². The highest BCUT2D eigenvalue weighted by Gasteiger charge is 2.39. The zero-order valence-electron chi connectivity index (χ0n) is 13.9. The zero-order chi connectivity index (χ0) is 16.2. The van der Waals surface area contributed by atoms with E-state index in [1.165, 1.54) is 0 Å². The van der Waals surface area contributed by atoms with Crippen LogP contribution in [-0.4, -0.2) is 37.3 Å². The highest BCUT2D eigenvalue weighted by molar-refractivity contribution is 5.97. The van der Waals surface area contributed by atoms with Crippen LogP contribution in [0, 0.1) is 0 Å². The first-order chi connectivity index (χ1) is 10.3. The van der Waals surface area contributed by atoms with E-state index in [2.05, 4.69) is 10.6 Å². The summed E-state index contributed by atoms with van der Waals surface area (Å²) in [5, 5.41) is 6.19. The van der Waals surface area contributed by atoms with E-state index in [1.54, 1.807) is 7.11 Å². The van der Waals surface area contributed by atoms with Crippen LogP contribution in [0.15, 0.2) is 24.3 Å². The number of hydrogen-bond acceptors (Lipinski definition) is 4. The van der Waals surface area contributed by atoms with Crippen LogP contribution >= 0.6 is 0 Å². The minimum atomic E-state index is -0.730. The summed E-state index contributed by atoms with van der Waals surface area (Å²) in [4.78, 5) is 12.5. The lowest BCUT2D eigenvalue weighted by Crippen LogP contribution is -2.51. The first-order valence-corrected chi connectivity index (χ1v) is 7.71. The van der Waals surface area contributed by atoms with Gasteiger partial charge in [0.2, 0.25) is 0 Å². The van der Waals surface area contributed by atoms with Crippen LogP contribution in [0.2, 0.25) is 0 Å². The lowest BCUT2D eigenvalue weighted by atomic mass is 9.91. The normalized spacial score (nSPS) is 17.8. The maximum absolute atomic E-state index is 12.5. The predicted molar refractivity (Wildman–Crippen MR) is 87.3 cm³/mol. The van der Waals surface area contributed by atoms with E-state index in [4.69, 9.17) is 9.47 Å². The molecular formula is C17H26N2O3. The molecule has 0 spiro atoms. The molecule has 5 heteroatoms. The van der Waals surface area contributed by atoms with E-state index in [0.29, 0.717) is 12.8 Å². The van der Waals surface area contributed by atoms with Gasteiger partial charge in [-0.1, -0.05) is 0 Å². The van der Waals surface area contributed by atoms with Crippen molar-refractivity contribution in [2.24, 2.45) is 0 Å². The Bertz CT molecular complexity index is 500. The van der Waals surface area contributed by atoms with E-state index in [9.17, 15) is 4.79 Å². The first-order valence-electron chi connectivity index (χ1n) is 7.71. The minimum absolute atomic E-state index is 0.0824. The molecule has 5 nitrogen and oxygen atoms in total. The van der Waals surface area contributed by atoms with Crippen molar-refractivity contribution >= 4 is 11.6 Å². The van der Waals surface area contributed by atoms with Crippen molar-refractivity contribution < 1.29 is 14.3 Å². The Kier molecular flexibility index (Phi) is 5.08. The van der Waals surface area contributed by atoms with Gasteiger partial charge in [0, 0.05) is 12.8 Å². The second kappa shape index (κ2) is 6.67. The van der Waals surface area contributed by atoms with Crippen molar-refractivity contribution in [3.8, 4) is 5.75 Å². The quantitative estimate of drug-likeness (QED) is 0.897. The van der Waals surface area contributed by atoms with Crippen LogP contribution in [-0.2, 0) is 9.53 Å². The molecule has 122 valence electrons. The third-order valence-corrected chi connectivity index (χ3v) is 3.75. The van der Waals surface area contributed by atoms with Gasteiger partial charge in [-0.3, -0.25) is 4.79 Å². The lowest BCUT2D eigenvalue weighted by Gasteiger charge is -2.34. The molecule has 0 atom stereocenters. The van der Waals surface area contributed by atoms with Crippen molar-refractivity contribution in [2.45, 2.75) is 44.8 Å². The second-order valence-electron chi connectivity index (χ2n) is 6.64. The molecule has 0 aromatic heterocycles. The summed E-state index contributed by atoms with van der Waals surface area (Å²) < 4.78 is 11.3. The van der Waals surface area contributed by atoms with Crippen molar-refractivity contribution in [3.63, 3.8) is 0 Å². The highest BCUT2D eigenvalue weighted by atomic mass is 16.5. The van der Waals surface area contributed by atoms with Crippen LogP contribution < -0.4 is 15.4 Å². The molecular weight excluding hydrogens is 280 g/mol. The fourth-order valence-electron chi connectivity index (χ4n) is 2.56. The molecule has 1 heterocycles. The summed E-state index contributed by atoms with van der Waals surface area (Å²) in [6.45, 7) is 7.59. The van der Waals surface area contributed by atoms with E-state index in [1.807, 2.05) is 45.0 Å². The molecule has 22 heavy (non-hydrogen) atoms. The first kappa shape index (κ1) is 16.8. The topological polar surface area (TPSA) is 59.6 Å². The monoisotopic (exact) mass is 306 g/mol. The number of carbonyl (C=O) groups is 1. The molecule has 1 amide bonds. The maximum atomic E-state index is 12.5. The number of rotatable bonds is 4. The molecule has 0 radical (unpaired) electrons. The molecule has 1 aliphatic rings. The smallest absolute Gasteiger partial charge is 0.256 e. The molecule has 2 N–H and O–H groups in total. The maximum Gasteiger partial charge on any atom is 0.256 e. The summed E-state index contributed by atoms with van der Waals surface area (Å²) in [6, 6.07) is 7.43. The third kappa shape index (κ3) is 4.21. The van der Waals surface area contributed by atoms with E-state index < -0.39 is 5.60 Å². The van der Waals surface area contributed by atoms with Crippen LogP contribution in [0.25, 0.3) is 0 Å². The molecule has 0 unspecified atom stereocenters. The van der Waals surface area contributed by atoms with Gasteiger partial charge in [0.15, 0.2) is 0 Å². The highest BCUT2D eigenvalue weighted by Crippen LogP contribution is 2.26. The summed E-state index contributed by atoms with van der Waals surface area (Å²) in [6.07, 6.45) is 1.36. The molecule has 1 aliphatic heterocycles. The van der Waals surface area contributed by atoms with Gasteiger partial charge in [-0.25, -0.2) is 0 Å². The molecule has 1 fully saturated rings. The van der Waals surface area contributed by atoms with E-state index in [-0.39, 0.29) is 11.5 Å². The Morgan fingerprint density at radius 1 is 1.18 bits per heavy atom. The van der Waals surface area contributed by atoms with E-state index in [0.717, 1.165) is 24.5 Å². The van der Waals surface area contributed by atoms with Crippen LogP contribution in [0.3, 0.4) is 0 Å². The van der Waals surface area contributed by atoms with Crippen molar-refractivity contribution in [3.05, 3.63) is 24.3 Å². The number of methoxy groups -OCH3 is 1. The van der Waals surface area contributed by atoms with Gasteiger partial charge < -0.3 is 20.1 Å². The Hall–Kier alpha value is -1.59. The molecule has 1 saturated heterocycles. The van der Waals surface area contributed by atoms with Crippen molar-refractivity contribution in [1.29, 1.82) is 0 Å². The van der Waals surface area contributed by atoms with Gasteiger partial charge in [0.05, 0.1) is 0 Å². The number of nitrogens with one attached hydrogen (secondary N) is 2. The van der Waals surface area contributed by atoms with Gasteiger partial charge in [-0.15, -0.1) is 0 Å². The van der Waals surface area contributed by atoms with Gasteiger partial charge in [-0.05, 0) is 71.0 Å². The van der Waals surface area contributed by atoms with Crippen molar-refractivity contribution in [1.82, 2.24) is 5.32 Å². The second-order valence-corrected chi connectivity index (χ2v) is 6.64. The lowest BCUT2D eigenvalue weighted by molar-refractivity contribution is -0.140. The summed E-state index contributed by atoms with van der Waals surface area (Å²) in [5.74, 6) is 0.704. The predicted octanol–water partition coefficient (Wildman–Crippen LogP) is 2.57. The van der Waals surface area contributed by atoms with Gasteiger partial charge in [-0.2, -0.15) is 0 Å². The molecule has 0 saturated carbocycles. The fraction of sp³-hybridized carbons (Fsp3) is 0.588. The molecule has 1 aromatic carbocycles. The largest absolute Gasteiger partial charge is 0.488 e. The molecule has 0 bridgehead atoms. The number of amides is 1. The van der Waals surface area contributed by atoms with E-state index >= 15 is 0 Å². The molecule has 2 rings (SSSR count). The number of benzene rings is 1. The summed E-state index contributed by atoms with van der Waals surface area (Å²) in [5.41, 5.74) is -0.215. The van der Waals surface area contributed by atoms with Crippen LogP contribution in [0.1, 0.15) is 33.6 Å². The standard InChI is InChI=1S/C17H26N2O3/c1-16(2,3)22-14-7-5-13(6-8-14)19-15(20)17(21-4)9-11-18-12-10-17/h5-8,18H,9-12H2,1-4H3,(H,19,20). The summed E-state index contributed by atoms with van der Waals surface area (Å²) in [7, 11) is 1.60. The number of carbonyl (C=O) groups excluding carboxylic acids is 1. The third-order valence-electron chi connectivity index (χ3n) is 3.75.